The van der Waals surface area contributed by atoms with Crippen LogP contribution in [-0.2, 0) is 11.8 Å². The molecule has 0 saturated heterocycles. The van der Waals surface area contributed by atoms with Crippen molar-refractivity contribution < 1.29 is 9.84 Å². The zero-order chi connectivity index (χ0) is 21.1. The third-order valence-corrected chi connectivity index (χ3v) is 11.2. The van der Waals surface area contributed by atoms with E-state index in [0.29, 0.717) is 17.4 Å². The van der Waals surface area contributed by atoms with E-state index >= 15 is 0 Å². The maximum absolute atomic E-state index is 11.9. The maximum atomic E-state index is 11.9. The van der Waals surface area contributed by atoms with Gasteiger partial charge in [0.15, 0.2) is 5.16 Å². The molecule has 0 amide bonds. The minimum Gasteiger partial charge on any atom is -0.388 e. The number of fused-ring (bicyclic) bond motifs is 5. The fourth-order valence-corrected chi connectivity index (χ4v) is 9.15. The third-order valence-electron chi connectivity index (χ3n) is 9.91. The molecule has 1 N–H and O–H groups in total. The minimum absolute atomic E-state index is 0.0354. The Bertz CT molecular complexity index is 837. The smallest absolute Gasteiger partial charge is 0.167 e. The van der Waals surface area contributed by atoms with Gasteiger partial charge in [-0.15, -0.1) is 0 Å². The number of hydrogen-bond donors (Lipinski definition) is 1. The SMILES string of the molecule is CO[C@H]1C=C2CC[C@@H]3[C@H]4CC[C@@](O)(CSc5nccn5C)[C@@]4(C)CC[C@@H]3[C@@]2(C)CC1. The number of hydrogen-bond acceptors (Lipinski definition) is 4. The molecule has 0 unspecified atom stereocenters. The standard InChI is InChI=1S/C25H38N2O2S/c1-23-10-7-18(29-4)15-17(23)5-6-19-20(23)8-11-24(2)21(19)9-12-25(24,28)16-30-22-26-13-14-27(22)3/h13-15,18-21,28H,5-12,16H2,1-4H3/t18-,19+,20+,21-,23+,24+,25-/m1/s1. The van der Waals surface area contributed by atoms with Gasteiger partial charge in [-0.1, -0.05) is 37.3 Å². The first-order valence-corrected chi connectivity index (χ1v) is 12.9. The van der Waals surface area contributed by atoms with Crippen molar-refractivity contribution in [2.45, 2.75) is 82.1 Å². The number of aromatic nitrogens is 2. The van der Waals surface area contributed by atoms with Crippen LogP contribution in [0.5, 0.6) is 0 Å². The second-order valence-corrected chi connectivity index (χ2v) is 11.9. The second-order valence-electron chi connectivity index (χ2n) is 11.0. The van der Waals surface area contributed by atoms with Gasteiger partial charge in [0, 0.05) is 37.7 Å². The van der Waals surface area contributed by atoms with Gasteiger partial charge in [-0.25, -0.2) is 4.98 Å². The van der Waals surface area contributed by atoms with Crippen LogP contribution in [0.3, 0.4) is 0 Å². The number of thioether (sulfide) groups is 1. The molecule has 0 radical (unpaired) electrons. The number of nitrogens with zero attached hydrogens (tertiary/aromatic N) is 2. The van der Waals surface area contributed by atoms with Crippen molar-refractivity contribution in [3.05, 3.63) is 24.0 Å². The van der Waals surface area contributed by atoms with E-state index in [9.17, 15) is 5.11 Å². The number of aryl methyl sites for hydroxylation is 1. The zero-order valence-corrected chi connectivity index (χ0v) is 19.9. The predicted molar refractivity (Wildman–Crippen MR) is 121 cm³/mol. The molecule has 4 aliphatic carbocycles. The highest BCUT2D eigenvalue weighted by molar-refractivity contribution is 7.99. The van der Waals surface area contributed by atoms with Crippen LogP contribution in [0, 0.1) is 28.6 Å². The summed E-state index contributed by atoms with van der Waals surface area (Å²) in [6, 6.07) is 0. The number of allylic oxidation sites excluding steroid dienone is 1. The average Bonchev–Trinajstić information content (AvgIpc) is 3.26. The molecule has 166 valence electrons. The highest BCUT2D eigenvalue weighted by Gasteiger charge is 2.63. The van der Waals surface area contributed by atoms with Crippen molar-refractivity contribution in [1.29, 1.82) is 0 Å². The quantitative estimate of drug-likeness (QED) is 0.525. The summed E-state index contributed by atoms with van der Waals surface area (Å²) in [5, 5.41) is 12.9. The topological polar surface area (TPSA) is 47.3 Å². The lowest BCUT2D eigenvalue weighted by molar-refractivity contribution is -0.116. The number of rotatable bonds is 4. The zero-order valence-electron chi connectivity index (χ0n) is 19.1. The molecule has 4 nitrogen and oxygen atoms in total. The molecule has 4 aliphatic rings. The monoisotopic (exact) mass is 430 g/mol. The van der Waals surface area contributed by atoms with Gasteiger partial charge in [0.1, 0.15) is 0 Å². The second kappa shape index (κ2) is 7.38. The summed E-state index contributed by atoms with van der Waals surface area (Å²) < 4.78 is 7.74. The van der Waals surface area contributed by atoms with E-state index in [0.717, 1.165) is 42.0 Å². The minimum atomic E-state index is -0.579. The van der Waals surface area contributed by atoms with E-state index < -0.39 is 5.60 Å². The van der Waals surface area contributed by atoms with Crippen LogP contribution in [0.2, 0.25) is 0 Å². The Balaban J connectivity index is 1.37. The van der Waals surface area contributed by atoms with Gasteiger partial charge in [-0.3, -0.25) is 0 Å². The summed E-state index contributed by atoms with van der Waals surface area (Å²) >= 11 is 1.73. The molecule has 1 aromatic rings. The number of aliphatic hydroxyl groups is 1. The molecular weight excluding hydrogens is 392 g/mol. The summed E-state index contributed by atoms with van der Waals surface area (Å²) in [5.74, 6) is 2.96. The third kappa shape index (κ3) is 2.98. The van der Waals surface area contributed by atoms with E-state index in [1.54, 1.807) is 17.3 Å². The van der Waals surface area contributed by atoms with Crippen LogP contribution in [0.15, 0.2) is 29.2 Å². The fraction of sp³-hybridized carbons (Fsp3) is 0.800. The van der Waals surface area contributed by atoms with Gasteiger partial charge < -0.3 is 14.4 Å². The Hall–Kier alpha value is -0.780. The Kier molecular flexibility index (Phi) is 5.19. The molecule has 0 bridgehead atoms. The molecule has 3 saturated carbocycles. The molecule has 1 aromatic heterocycles. The number of methoxy groups -OCH3 is 1. The van der Waals surface area contributed by atoms with Crippen molar-refractivity contribution in [1.82, 2.24) is 9.55 Å². The van der Waals surface area contributed by atoms with Gasteiger partial charge >= 0.3 is 0 Å². The summed E-state index contributed by atoms with van der Waals surface area (Å²) in [7, 11) is 3.89. The summed E-state index contributed by atoms with van der Waals surface area (Å²) in [6.45, 7) is 4.96. The van der Waals surface area contributed by atoms with E-state index in [1.165, 1.54) is 32.1 Å². The summed E-state index contributed by atoms with van der Waals surface area (Å²) in [5.41, 5.74) is 1.48. The molecule has 5 heteroatoms. The highest BCUT2D eigenvalue weighted by Crippen LogP contribution is 2.68. The molecule has 7 atom stereocenters. The summed E-state index contributed by atoms with van der Waals surface area (Å²) in [6.07, 6.45) is 16.1. The van der Waals surface area contributed by atoms with Crippen LogP contribution >= 0.6 is 11.8 Å². The normalized spacial score (nSPS) is 45.4. The van der Waals surface area contributed by atoms with Crippen LogP contribution in [0.4, 0.5) is 0 Å². The van der Waals surface area contributed by atoms with Crippen LogP contribution < -0.4 is 0 Å². The molecule has 30 heavy (non-hydrogen) atoms. The first-order chi connectivity index (χ1) is 14.3. The van der Waals surface area contributed by atoms with Crippen molar-refractivity contribution >= 4 is 11.8 Å². The molecule has 0 spiro atoms. The first kappa shape index (κ1) is 21.1. The first-order valence-electron chi connectivity index (χ1n) is 11.9. The fourth-order valence-electron chi connectivity index (χ4n) is 7.90. The largest absolute Gasteiger partial charge is 0.388 e. The van der Waals surface area contributed by atoms with Gasteiger partial charge in [-0.2, -0.15) is 0 Å². The van der Waals surface area contributed by atoms with E-state index in [4.69, 9.17) is 4.74 Å². The van der Waals surface area contributed by atoms with E-state index in [-0.39, 0.29) is 5.41 Å². The molecular formula is C25H38N2O2S. The van der Waals surface area contributed by atoms with Gasteiger partial charge in [0.25, 0.3) is 0 Å². The van der Waals surface area contributed by atoms with Crippen molar-refractivity contribution in [3.63, 3.8) is 0 Å². The molecule has 0 aliphatic heterocycles. The van der Waals surface area contributed by atoms with Gasteiger partial charge in [-0.05, 0) is 74.5 Å². The van der Waals surface area contributed by atoms with E-state index in [1.807, 2.05) is 26.6 Å². The Morgan fingerprint density at radius 1 is 1.17 bits per heavy atom. The highest BCUT2D eigenvalue weighted by atomic mass is 32.2. The lowest BCUT2D eigenvalue weighted by atomic mass is 9.46. The molecule has 1 heterocycles. The average molecular weight is 431 g/mol. The van der Waals surface area contributed by atoms with Crippen LogP contribution in [0.1, 0.15) is 65.2 Å². The van der Waals surface area contributed by atoms with Crippen molar-refractivity contribution in [3.8, 4) is 0 Å². The van der Waals surface area contributed by atoms with Gasteiger partial charge in [0.05, 0.1) is 11.7 Å². The maximum Gasteiger partial charge on any atom is 0.167 e. The Labute approximate surface area is 185 Å². The van der Waals surface area contributed by atoms with Crippen LogP contribution in [0.25, 0.3) is 0 Å². The number of ether oxygens (including phenoxy) is 1. The molecule has 5 rings (SSSR count). The lowest BCUT2D eigenvalue weighted by Gasteiger charge is -2.59. The Morgan fingerprint density at radius 3 is 2.70 bits per heavy atom. The van der Waals surface area contributed by atoms with Crippen LogP contribution in [-0.4, -0.2) is 39.2 Å². The van der Waals surface area contributed by atoms with E-state index in [2.05, 4.69) is 29.5 Å². The predicted octanol–water partition coefficient (Wildman–Crippen LogP) is 5.22. The number of imidazole rings is 1. The summed E-state index contributed by atoms with van der Waals surface area (Å²) in [4.78, 5) is 4.47. The van der Waals surface area contributed by atoms with Crippen molar-refractivity contribution in [2.75, 3.05) is 12.9 Å². The Morgan fingerprint density at radius 2 is 1.97 bits per heavy atom. The molecule has 3 fully saturated rings. The molecule has 0 aromatic carbocycles. The van der Waals surface area contributed by atoms with Gasteiger partial charge in [0.2, 0.25) is 0 Å². The van der Waals surface area contributed by atoms with Crippen molar-refractivity contribution in [2.24, 2.45) is 35.6 Å². The lowest BCUT2D eigenvalue weighted by Crippen LogP contribution is -2.55.